The van der Waals surface area contributed by atoms with E-state index in [4.69, 9.17) is 5.73 Å². The number of hydrogen-bond donors (Lipinski definition) is 2. The molecule has 1 aliphatic heterocycles. The van der Waals surface area contributed by atoms with Crippen molar-refractivity contribution >= 4 is 5.57 Å². The van der Waals surface area contributed by atoms with E-state index >= 15 is 0 Å². The number of hydrogen-bond acceptors (Lipinski definition) is 2. The fourth-order valence-electron chi connectivity index (χ4n) is 2.36. The Bertz CT molecular complexity index is 544. The summed E-state index contributed by atoms with van der Waals surface area (Å²) in [6.45, 7) is 4.78. The number of benzene rings is 1. The summed E-state index contributed by atoms with van der Waals surface area (Å²) in [5.41, 5.74) is 6.95. The Morgan fingerprint density at radius 1 is 1.29 bits per heavy atom. The average molecular weight is 290 g/mol. The first kappa shape index (κ1) is 15.6. The molecule has 1 aliphatic rings. The predicted molar refractivity (Wildman–Crippen MR) is 82.7 cm³/mol. The van der Waals surface area contributed by atoms with Crippen LogP contribution in [0.3, 0.4) is 0 Å². The van der Waals surface area contributed by atoms with Gasteiger partial charge in [0, 0.05) is 18.2 Å². The van der Waals surface area contributed by atoms with E-state index in [1.807, 2.05) is 18.2 Å². The molecular weight excluding hydrogens is 270 g/mol. The van der Waals surface area contributed by atoms with Crippen molar-refractivity contribution in [2.45, 2.75) is 24.9 Å². The SMILES string of the molecule is C=C(/C=C\C=C\CC1NCCC1N)c1cc(F)cc(F)c1. The van der Waals surface area contributed by atoms with Gasteiger partial charge in [-0.05, 0) is 42.7 Å². The molecule has 0 saturated carbocycles. The molecule has 21 heavy (non-hydrogen) atoms. The zero-order valence-corrected chi connectivity index (χ0v) is 11.9. The molecule has 2 atom stereocenters. The van der Waals surface area contributed by atoms with E-state index in [0.29, 0.717) is 17.2 Å². The fraction of sp³-hybridized carbons (Fsp3) is 0.294. The van der Waals surface area contributed by atoms with E-state index in [1.54, 1.807) is 6.08 Å². The lowest BCUT2D eigenvalue weighted by molar-refractivity contribution is 0.548. The maximum atomic E-state index is 13.1. The van der Waals surface area contributed by atoms with Crippen molar-refractivity contribution in [3.05, 3.63) is 66.3 Å². The van der Waals surface area contributed by atoms with Gasteiger partial charge >= 0.3 is 0 Å². The minimum Gasteiger partial charge on any atom is -0.326 e. The highest BCUT2D eigenvalue weighted by molar-refractivity contribution is 5.72. The molecule has 2 unspecified atom stereocenters. The quantitative estimate of drug-likeness (QED) is 0.817. The maximum Gasteiger partial charge on any atom is 0.126 e. The first-order valence-electron chi connectivity index (χ1n) is 7.04. The van der Waals surface area contributed by atoms with Crippen molar-refractivity contribution in [2.75, 3.05) is 6.54 Å². The molecule has 0 amide bonds. The molecule has 0 aliphatic carbocycles. The molecule has 1 saturated heterocycles. The minimum absolute atomic E-state index is 0.212. The van der Waals surface area contributed by atoms with Crippen LogP contribution in [0.15, 0.2) is 49.1 Å². The minimum atomic E-state index is -0.601. The summed E-state index contributed by atoms with van der Waals surface area (Å²) in [6, 6.07) is 3.92. The lowest BCUT2D eigenvalue weighted by Gasteiger charge is -2.12. The standard InChI is InChI=1S/C17H20F2N2/c1-12(13-9-14(18)11-15(19)10-13)5-3-2-4-6-17-16(20)7-8-21-17/h2-5,9-11,16-17,21H,1,6-8,20H2/b4-2+,5-3-. The molecular formula is C17H20F2N2. The van der Waals surface area contributed by atoms with Crippen LogP contribution in [0.25, 0.3) is 5.57 Å². The van der Waals surface area contributed by atoms with Gasteiger partial charge in [-0.25, -0.2) is 8.78 Å². The molecule has 112 valence electrons. The van der Waals surface area contributed by atoms with Crippen LogP contribution in [0, 0.1) is 11.6 Å². The third-order valence-electron chi connectivity index (χ3n) is 3.57. The van der Waals surface area contributed by atoms with Crippen molar-refractivity contribution in [3.63, 3.8) is 0 Å². The van der Waals surface area contributed by atoms with E-state index < -0.39 is 11.6 Å². The smallest absolute Gasteiger partial charge is 0.126 e. The monoisotopic (exact) mass is 290 g/mol. The zero-order chi connectivity index (χ0) is 15.2. The summed E-state index contributed by atoms with van der Waals surface area (Å²) in [4.78, 5) is 0. The average Bonchev–Trinajstić information content (AvgIpc) is 2.82. The number of halogens is 2. The molecule has 0 radical (unpaired) electrons. The van der Waals surface area contributed by atoms with Crippen LogP contribution in [-0.4, -0.2) is 18.6 Å². The summed E-state index contributed by atoms with van der Waals surface area (Å²) in [5.74, 6) is -1.20. The van der Waals surface area contributed by atoms with Gasteiger partial charge in [-0.3, -0.25) is 0 Å². The van der Waals surface area contributed by atoms with E-state index in [-0.39, 0.29) is 6.04 Å². The van der Waals surface area contributed by atoms with Crippen molar-refractivity contribution in [1.29, 1.82) is 0 Å². The van der Waals surface area contributed by atoms with Crippen LogP contribution in [0.4, 0.5) is 8.78 Å². The van der Waals surface area contributed by atoms with Gasteiger partial charge in [0.15, 0.2) is 0 Å². The highest BCUT2D eigenvalue weighted by Crippen LogP contribution is 2.17. The van der Waals surface area contributed by atoms with E-state index in [9.17, 15) is 8.78 Å². The molecule has 1 fully saturated rings. The predicted octanol–water partition coefficient (Wildman–Crippen LogP) is 3.17. The van der Waals surface area contributed by atoms with E-state index in [2.05, 4.69) is 11.9 Å². The Hall–Kier alpha value is -1.78. The van der Waals surface area contributed by atoms with Crippen LogP contribution in [0.1, 0.15) is 18.4 Å². The van der Waals surface area contributed by atoms with Gasteiger partial charge in [-0.2, -0.15) is 0 Å². The second-order valence-corrected chi connectivity index (χ2v) is 5.22. The van der Waals surface area contributed by atoms with Crippen LogP contribution in [0.5, 0.6) is 0 Å². The lowest BCUT2D eigenvalue weighted by atomic mass is 10.1. The van der Waals surface area contributed by atoms with Crippen LogP contribution >= 0.6 is 0 Å². The molecule has 1 aromatic carbocycles. The lowest BCUT2D eigenvalue weighted by Crippen LogP contribution is -2.35. The fourth-order valence-corrected chi connectivity index (χ4v) is 2.36. The van der Waals surface area contributed by atoms with Crippen LogP contribution in [-0.2, 0) is 0 Å². The Morgan fingerprint density at radius 3 is 2.62 bits per heavy atom. The number of nitrogens with one attached hydrogen (secondary N) is 1. The molecule has 0 spiro atoms. The topological polar surface area (TPSA) is 38.0 Å². The Labute approximate surface area is 124 Å². The van der Waals surface area contributed by atoms with Gasteiger partial charge in [-0.15, -0.1) is 0 Å². The summed E-state index contributed by atoms with van der Waals surface area (Å²) in [6.07, 6.45) is 9.34. The van der Waals surface area contributed by atoms with Crippen molar-refractivity contribution < 1.29 is 8.78 Å². The number of allylic oxidation sites excluding steroid dienone is 4. The summed E-state index contributed by atoms with van der Waals surface area (Å²) in [5, 5.41) is 3.34. The van der Waals surface area contributed by atoms with Gasteiger partial charge < -0.3 is 11.1 Å². The molecule has 0 bridgehead atoms. The maximum absolute atomic E-state index is 13.1. The van der Waals surface area contributed by atoms with Gasteiger partial charge in [0.2, 0.25) is 0 Å². The third-order valence-corrected chi connectivity index (χ3v) is 3.57. The second kappa shape index (κ2) is 7.29. The summed E-state index contributed by atoms with van der Waals surface area (Å²) in [7, 11) is 0. The number of nitrogens with two attached hydrogens (primary N) is 1. The molecule has 2 nitrogen and oxygen atoms in total. The molecule has 2 rings (SSSR count). The second-order valence-electron chi connectivity index (χ2n) is 5.22. The molecule has 3 N–H and O–H groups in total. The van der Waals surface area contributed by atoms with Crippen molar-refractivity contribution in [1.82, 2.24) is 5.32 Å². The molecule has 0 aromatic heterocycles. The first-order valence-corrected chi connectivity index (χ1v) is 7.04. The molecule has 1 aromatic rings. The molecule has 1 heterocycles. The van der Waals surface area contributed by atoms with Gasteiger partial charge in [0.1, 0.15) is 11.6 Å². The third kappa shape index (κ3) is 4.62. The van der Waals surface area contributed by atoms with E-state index in [1.165, 1.54) is 12.1 Å². The first-order chi connectivity index (χ1) is 10.1. The Morgan fingerprint density at radius 2 is 2.00 bits per heavy atom. The Balaban J connectivity index is 1.87. The van der Waals surface area contributed by atoms with E-state index in [0.717, 1.165) is 25.5 Å². The summed E-state index contributed by atoms with van der Waals surface area (Å²) >= 11 is 0. The highest BCUT2D eigenvalue weighted by atomic mass is 19.1. The highest BCUT2D eigenvalue weighted by Gasteiger charge is 2.21. The van der Waals surface area contributed by atoms with Crippen LogP contribution < -0.4 is 11.1 Å². The van der Waals surface area contributed by atoms with Gasteiger partial charge in [0.25, 0.3) is 0 Å². The number of rotatable bonds is 5. The summed E-state index contributed by atoms with van der Waals surface area (Å²) < 4.78 is 26.2. The van der Waals surface area contributed by atoms with Crippen molar-refractivity contribution in [2.24, 2.45) is 5.73 Å². The largest absolute Gasteiger partial charge is 0.326 e. The normalized spacial score (nSPS) is 22.4. The van der Waals surface area contributed by atoms with Crippen LogP contribution in [0.2, 0.25) is 0 Å². The zero-order valence-electron chi connectivity index (χ0n) is 11.9. The molecule has 4 heteroatoms. The van der Waals surface area contributed by atoms with Gasteiger partial charge in [0.05, 0.1) is 0 Å². The Kier molecular flexibility index (Phi) is 5.42. The van der Waals surface area contributed by atoms with Gasteiger partial charge in [-0.1, -0.05) is 30.9 Å². The van der Waals surface area contributed by atoms with Crippen molar-refractivity contribution in [3.8, 4) is 0 Å².